The van der Waals surface area contributed by atoms with Crippen molar-refractivity contribution in [1.82, 2.24) is 4.90 Å². The van der Waals surface area contributed by atoms with Gasteiger partial charge in [-0.25, -0.2) is 0 Å². The van der Waals surface area contributed by atoms with E-state index in [1.165, 1.54) is 5.56 Å². The van der Waals surface area contributed by atoms with Gasteiger partial charge in [0, 0.05) is 29.5 Å². The molecule has 1 heterocycles. The van der Waals surface area contributed by atoms with E-state index in [1.54, 1.807) is 6.07 Å². The maximum absolute atomic E-state index is 11.7. The van der Waals surface area contributed by atoms with Crippen molar-refractivity contribution in [3.8, 4) is 5.75 Å². The van der Waals surface area contributed by atoms with Gasteiger partial charge in [0.1, 0.15) is 11.9 Å². The number of carbonyl (C=O) groups excluding carboxylic acids is 1. The monoisotopic (exact) mass is 416 g/mol. The van der Waals surface area contributed by atoms with Crippen molar-refractivity contribution in [2.45, 2.75) is 32.9 Å². The standard InChI is InChI=1S/C21H25BrN2O2/c1-21(2)14-24(13-15-6-4-3-5-7-15)11-10-19(21)26-18-9-8-16(22)12-17(18)20(23)25/h3-9,12,19H,10-11,13-14H2,1-2H3,(H2,23,25). The molecular formula is C21H25BrN2O2. The first-order chi connectivity index (χ1) is 12.3. The molecule has 0 saturated carbocycles. The van der Waals surface area contributed by atoms with E-state index >= 15 is 0 Å². The summed E-state index contributed by atoms with van der Waals surface area (Å²) >= 11 is 3.38. The van der Waals surface area contributed by atoms with Crippen LogP contribution in [0.4, 0.5) is 0 Å². The summed E-state index contributed by atoms with van der Waals surface area (Å²) in [7, 11) is 0. The fourth-order valence-corrected chi connectivity index (χ4v) is 3.95. The van der Waals surface area contributed by atoms with Crippen LogP contribution in [0.15, 0.2) is 53.0 Å². The number of nitrogens with two attached hydrogens (primary N) is 1. The first kappa shape index (κ1) is 18.9. The molecule has 1 fully saturated rings. The van der Waals surface area contributed by atoms with Crippen molar-refractivity contribution in [1.29, 1.82) is 0 Å². The summed E-state index contributed by atoms with van der Waals surface area (Å²) in [5, 5.41) is 0. The zero-order chi connectivity index (χ0) is 18.7. The van der Waals surface area contributed by atoms with Crippen LogP contribution >= 0.6 is 15.9 Å². The van der Waals surface area contributed by atoms with Gasteiger partial charge < -0.3 is 10.5 Å². The van der Waals surface area contributed by atoms with Gasteiger partial charge in [-0.05, 0) is 30.2 Å². The van der Waals surface area contributed by atoms with Gasteiger partial charge in [0.05, 0.1) is 5.56 Å². The molecule has 1 atom stereocenters. The molecule has 1 aliphatic heterocycles. The number of hydrogen-bond acceptors (Lipinski definition) is 3. The Hall–Kier alpha value is -1.85. The minimum Gasteiger partial charge on any atom is -0.489 e. The predicted octanol–water partition coefficient (Wildman–Crippen LogP) is 4.23. The lowest BCUT2D eigenvalue weighted by molar-refractivity contribution is -0.0116. The fourth-order valence-electron chi connectivity index (χ4n) is 3.59. The maximum atomic E-state index is 11.7. The van der Waals surface area contributed by atoms with Gasteiger partial charge in [0.25, 0.3) is 5.91 Å². The molecule has 1 amide bonds. The molecule has 0 bridgehead atoms. The molecule has 0 radical (unpaired) electrons. The molecule has 2 aromatic carbocycles. The van der Waals surface area contributed by atoms with Gasteiger partial charge in [-0.1, -0.05) is 60.1 Å². The zero-order valence-corrected chi connectivity index (χ0v) is 16.8. The van der Waals surface area contributed by atoms with E-state index in [-0.39, 0.29) is 11.5 Å². The number of benzene rings is 2. The van der Waals surface area contributed by atoms with Crippen molar-refractivity contribution >= 4 is 21.8 Å². The smallest absolute Gasteiger partial charge is 0.252 e. The highest BCUT2D eigenvalue weighted by Gasteiger charge is 2.38. The SMILES string of the molecule is CC1(C)CN(Cc2ccccc2)CCC1Oc1ccc(Br)cc1C(N)=O. The normalized spacial score (nSPS) is 19.9. The van der Waals surface area contributed by atoms with Crippen molar-refractivity contribution < 1.29 is 9.53 Å². The molecule has 3 rings (SSSR count). The molecule has 4 nitrogen and oxygen atoms in total. The highest BCUT2D eigenvalue weighted by Crippen LogP contribution is 2.35. The molecule has 2 N–H and O–H groups in total. The van der Waals surface area contributed by atoms with Gasteiger partial charge in [-0.15, -0.1) is 0 Å². The summed E-state index contributed by atoms with van der Waals surface area (Å²) < 4.78 is 7.08. The highest BCUT2D eigenvalue weighted by atomic mass is 79.9. The van der Waals surface area contributed by atoms with Crippen LogP contribution in [0.2, 0.25) is 0 Å². The topological polar surface area (TPSA) is 55.6 Å². The Bertz CT molecular complexity index is 777. The molecule has 5 heteroatoms. The highest BCUT2D eigenvalue weighted by molar-refractivity contribution is 9.10. The number of primary amides is 1. The van der Waals surface area contributed by atoms with E-state index in [0.29, 0.717) is 11.3 Å². The number of amides is 1. The lowest BCUT2D eigenvalue weighted by Crippen LogP contribution is -2.50. The Balaban J connectivity index is 1.70. The average Bonchev–Trinajstić information content (AvgIpc) is 2.59. The summed E-state index contributed by atoms with van der Waals surface area (Å²) in [6.07, 6.45) is 0.947. The molecule has 1 saturated heterocycles. The second-order valence-electron chi connectivity index (χ2n) is 7.58. The average molecular weight is 417 g/mol. The third-order valence-electron chi connectivity index (χ3n) is 4.94. The van der Waals surface area contributed by atoms with Crippen LogP contribution in [-0.2, 0) is 6.54 Å². The van der Waals surface area contributed by atoms with Crippen LogP contribution in [-0.4, -0.2) is 30.0 Å². The molecule has 26 heavy (non-hydrogen) atoms. The van der Waals surface area contributed by atoms with Crippen LogP contribution in [0.5, 0.6) is 5.75 Å². The number of nitrogens with zero attached hydrogens (tertiary/aromatic N) is 1. The molecule has 1 unspecified atom stereocenters. The number of rotatable bonds is 5. The van der Waals surface area contributed by atoms with Crippen molar-refractivity contribution in [2.75, 3.05) is 13.1 Å². The third kappa shape index (κ3) is 4.46. The molecule has 0 aromatic heterocycles. The van der Waals surface area contributed by atoms with Gasteiger partial charge >= 0.3 is 0 Å². The van der Waals surface area contributed by atoms with E-state index < -0.39 is 5.91 Å². The second-order valence-corrected chi connectivity index (χ2v) is 8.50. The predicted molar refractivity (Wildman–Crippen MR) is 107 cm³/mol. The largest absolute Gasteiger partial charge is 0.489 e. The number of ether oxygens (including phenoxy) is 1. The number of piperidine rings is 1. The van der Waals surface area contributed by atoms with Gasteiger partial charge in [-0.2, -0.15) is 0 Å². The van der Waals surface area contributed by atoms with E-state index in [1.807, 2.05) is 18.2 Å². The van der Waals surface area contributed by atoms with E-state index in [9.17, 15) is 4.79 Å². The van der Waals surface area contributed by atoms with Crippen molar-refractivity contribution in [3.05, 3.63) is 64.1 Å². The van der Waals surface area contributed by atoms with E-state index in [4.69, 9.17) is 10.5 Å². The van der Waals surface area contributed by atoms with Gasteiger partial charge in [-0.3, -0.25) is 9.69 Å². The minimum absolute atomic E-state index is 0.0327. The number of halogens is 1. The number of carbonyl (C=O) groups is 1. The Morgan fingerprint density at radius 3 is 2.65 bits per heavy atom. The van der Waals surface area contributed by atoms with Crippen LogP contribution in [0, 0.1) is 5.41 Å². The molecule has 0 aliphatic carbocycles. The zero-order valence-electron chi connectivity index (χ0n) is 15.2. The lowest BCUT2D eigenvalue weighted by atomic mass is 9.81. The summed E-state index contributed by atoms with van der Waals surface area (Å²) in [6.45, 7) is 7.29. The van der Waals surface area contributed by atoms with Crippen LogP contribution < -0.4 is 10.5 Å². The molecule has 0 spiro atoms. The van der Waals surface area contributed by atoms with Crippen LogP contribution in [0.25, 0.3) is 0 Å². The number of hydrogen-bond donors (Lipinski definition) is 1. The first-order valence-corrected chi connectivity index (χ1v) is 9.67. The lowest BCUT2D eigenvalue weighted by Gasteiger charge is -2.44. The first-order valence-electron chi connectivity index (χ1n) is 8.87. The minimum atomic E-state index is -0.472. The fraction of sp³-hybridized carbons (Fsp3) is 0.381. The third-order valence-corrected chi connectivity index (χ3v) is 5.43. The van der Waals surface area contributed by atoms with Gasteiger partial charge in [0.2, 0.25) is 0 Å². The second kappa shape index (κ2) is 7.80. The molecule has 2 aromatic rings. The summed E-state index contributed by atoms with van der Waals surface area (Å²) in [4.78, 5) is 14.2. The quantitative estimate of drug-likeness (QED) is 0.793. The molecular weight excluding hydrogens is 392 g/mol. The van der Waals surface area contributed by atoms with Crippen molar-refractivity contribution in [3.63, 3.8) is 0 Å². The van der Waals surface area contributed by atoms with Crippen LogP contribution in [0.1, 0.15) is 36.2 Å². The molecule has 1 aliphatic rings. The van der Waals surface area contributed by atoms with Gasteiger partial charge in [0.15, 0.2) is 0 Å². The maximum Gasteiger partial charge on any atom is 0.252 e. The summed E-state index contributed by atoms with van der Waals surface area (Å²) in [5.41, 5.74) is 7.23. The Morgan fingerprint density at radius 1 is 1.27 bits per heavy atom. The molecule has 138 valence electrons. The Morgan fingerprint density at radius 2 is 2.00 bits per heavy atom. The van der Waals surface area contributed by atoms with Crippen LogP contribution in [0.3, 0.4) is 0 Å². The van der Waals surface area contributed by atoms with E-state index in [0.717, 1.165) is 30.5 Å². The van der Waals surface area contributed by atoms with E-state index in [2.05, 4.69) is 58.9 Å². The van der Waals surface area contributed by atoms with Crippen molar-refractivity contribution in [2.24, 2.45) is 11.1 Å². The summed E-state index contributed by atoms with van der Waals surface area (Å²) in [5.74, 6) is 0.0934. The Labute approximate surface area is 163 Å². The summed E-state index contributed by atoms with van der Waals surface area (Å²) in [6, 6.07) is 15.9. The number of likely N-dealkylation sites (tertiary alicyclic amines) is 1. The Kier molecular flexibility index (Phi) is 5.68.